The fourth-order valence-electron chi connectivity index (χ4n) is 4.44. The minimum atomic E-state index is 0.709. The highest BCUT2D eigenvalue weighted by atomic mass is 16.5. The molecule has 0 aliphatic heterocycles. The average Bonchev–Trinajstić information content (AvgIpc) is 2.87. The summed E-state index contributed by atoms with van der Waals surface area (Å²) in [5.41, 5.74) is 8.79. The van der Waals surface area contributed by atoms with Crippen LogP contribution in [-0.4, -0.2) is 6.61 Å². The zero-order valence-electron chi connectivity index (χ0n) is 26.0. The van der Waals surface area contributed by atoms with Crippen molar-refractivity contribution in [1.82, 2.24) is 0 Å². The van der Waals surface area contributed by atoms with Crippen molar-refractivity contribution in [2.75, 3.05) is 6.61 Å². The van der Waals surface area contributed by atoms with Crippen LogP contribution in [0.3, 0.4) is 0 Å². The first-order valence-corrected chi connectivity index (χ1v) is 15.1. The van der Waals surface area contributed by atoms with Gasteiger partial charge in [-0.05, 0) is 124 Å². The largest absolute Gasteiger partial charge is 0.377 e. The summed E-state index contributed by atoms with van der Waals surface area (Å²) in [5, 5.41) is 0. The van der Waals surface area contributed by atoms with Crippen LogP contribution in [-0.2, 0) is 11.3 Å². The van der Waals surface area contributed by atoms with Crippen LogP contribution < -0.4 is 0 Å². The first-order valence-electron chi connectivity index (χ1n) is 15.1. The molecule has 1 nitrogen and oxygen atoms in total. The number of benzene rings is 1. The van der Waals surface area contributed by atoms with Crippen molar-refractivity contribution in [1.29, 1.82) is 0 Å². The third kappa shape index (κ3) is 19.9. The zero-order chi connectivity index (χ0) is 28.0. The maximum absolute atomic E-state index is 5.85. The van der Waals surface area contributed by atoms with E-state index >= 15 is 0 Å². The van der Waals surface area contributed by atoms with Gasteiger partial charge in [0.2, 0.25) is 0 Å². The topological polar surface area (TPSA) is 9.23 Å². The van der Waals surface area contributed by atoms with Gasteiger partial charge in [0.05, 0.1) is 6.61 Å². The SMILES string of the molecule is CC(C)=CCC/C(C)=C/CC/C(C)=C/CC/C(C)=C/CC/C(C)=C/CCC(C)CCOCc1ccccc1. The van der Waals surface area contributed by atoms with Crippen LogP contribution in [0, 0.1) is 5.92 Å². The minimum Gasteiger partial charge on any atom is -0.377 e. The summed E-state index contributed by atoms with van der Waals surface area (Å²) >= 11 is 0. The predicted molar refractivity (Wildman–Crippen MR) is 171 cm³/mol. The Morgan fingerprint density at radius 1 is 0.605 bits per heavy atom. The molecule has 0 aliphatic carbocycles. The van der Waals surface area contributed by atoms with Crippen LogP contribution in [0.1, 0.15) is 125 Å². The van der Waals surface area contributed by atoms with Gasteiger partial charge in [0.15, 0.2) is 0 Å². The van der Waals surface area contributed by atoms with Crippen LogP contribution in [0.15, 0.2) is 88.6 Å². The van der Waals surface area contributed by atoms with Crippen LogP contribution in [0.5, 0.6) is 0 Å². The molecule has 0 saturated heterocycles. The first kappa shape index (κ1) is 33.9. The van der Waals surface area contributed by atoms with E-state index in [9.17, 15) is 0 Å². The number of ether oxygens (including phenoxy) is 1. The lowest BCUT2D eigenvalue weighted by atomic mass is 10.00. The molecule has 212 valence electrons. The Labute approximate surface area is 236 Å². The lowest BCUT2D eigenvalue weighted by Gasteiger charge is -2.11. The van der Waals surface area contributed by atoms with Crippen LogP contribution in [0.25, 0.3) is 0 Å². The van der Waals surface area contributed by atoms with Crippen molar-refractivity contribution < 1.29 is 4.74 Å². The van der Waals surface area contributed by atoms with Crippen molar-refractivity contribution in [3.8, 4) is 0 Å². The number of rotatable bonds is 20. The molecule has 0 saturated carbocycles. The average molecular weight is 519 g/mol. The smallest absolute Gasteiger partial charge is 0.0716 e. The zero-order valence-corrected chi connectivity index (χ0v) is 26.0. The molecule has 0 amide bonds. The molecule has 0 aliphatic rings. The van der Waals surface area contributed by atoms with E-state index in [0.29, 0.717) is 5.92 Å². The molecule has 1 aromatic rings. The molecular formula is C37H58O. The molecule has 1 aromatic carbocycles. The Morgan fingerprint density at radius 3 is 1.53 bits per heavy atom. The molecule has 0 radical (unpaired) electrons. The predicted octanol–water partition coefficient (Wildman–Crippen LogP) is 11.9. The lowest BCUT2D eigenvalue weighted by Crippen LogP contribution is -2.02. The fraction of sp³-hybridized carbons (Fsp3) is 0.568. The summed E-state index contributed by atoms with van der Waals surface area (Å²) in [5.74, 6) is 0.709. The van der Waals surface area contributed by atoms with Crippen molar-refractivity contribution in [2.45, 2.75) is 126 Å². The molecule has 1 rings (SSSR count). The highest BCUT2D eigenvalue weighted by Crippen LogP contribution is 2.17. The van der Waals surface area contributed by atoms with Crippen LogP contribution in [0.4, 0.5) is 0 Å². The second kappa shape index (κ2) is 21.8. The third-order valence-electron chi connectivity index (χ3n) is 7.20. The van der Waals surface area contributed by atoms with Crippen molar-refractivity contribution >= 4 is 0 Å². The van der Waals surface area contributed by atoms with Gasteiger partial charge in [-0.1, -0.05) is 95.5 Å². The molecule has 38 heavy (non-hydrogen) atoms. The summed E-state index contributed by atoms with van der Waals surface area (Å²) in [6.07, 6.45) is 25.1. The Kier molecular flexibility index (Phi) is 19.4. The first-order chi connectivity index (χ1) is 18.3. The molecule has 0 N–H and O–H groups in total. The molecule has 1 atom stereocenters. The van der Waals surface area contributed by atoms with Crippen molar-refractivity contribution in [2.24, 2.45) is 5.92 Å². The summed E-state index contributed by atoms with van der Waals surface area (Å²) in [6.45, 7) is 17.4. The molecular weight excluding hydrogens is 460 g/mol. The maximum atomic E-state index is 5.85. The summed E-state index contributed by atoms with van der Waals surface area (Å²) in [7, 11) is 0. The molecule has 0 aromatic heterocycles. The summed E-state index contributed by atoms with van der Waals surface area (Å²) < 4.78 is 5.85. The molecule has 0 spiro atoms. The van der Waals surface area contributed by atoms with E-state index in [4.69, 9.17) is 4.74 Å². The van der Waals surface area contributed by atoms with Gasteiger partial charge in [0, 0.05) is 6.61 Å². The molecule has 0 bridgehead atoms. The minimum absolute atomic E-state index is 0.709. The van der Waals surface area contributed by atoms with Crippen LogP contribution in [0.2, 0.25) is 0 Å². The fourth-order valence-corrected chi connectivity index (χ4v) is 4.44. The second-order valence-corrected chi connectivity index (χ2v) is 11.6. The van der Waals surface area contributed by atoms with E-state index in [1.807, 2.05) is 0 Å². The number of hydrogen-bond donors (Lipinski definition) is 0. The summed E-state index contributed by atoms with van der Waals surface area (Å²) in [6, 6.07) is 10.4. The Bertz CT molecular complexity index is 890. The Morgan fingerprint density at radius 2 is 1.05 bits per heavy atom. The quantitative estimate of drug-likeness (QED) is 0.123. The van der Waals surface area contributed by atoms with Gasteiger partial charge < -0.3 is 4.74 Å². The van der Waals surface area contributed by atoms with Crippen molar-refractivity contribution in [3.05, 3.63) is 94.1 Å². The van der Waals surface area contributed by atoms with Crippen molar-refractivity contribution in [3.63, 3.8) is 0 Å². The molecule has 1 heteroatoms. The highest BCUT2D eigenvalue weighted by molar-refractivity contribution is 5.13. The lowest BCUT2D eigenvalue weighted by molar-refractivity contribution is 0.108. The van der Waals surface area contributed by atoms with Gasteiger partial charge in [-0.15, -0.1) is 0 Å². The summed E-state index contributed by atoms with van der Waals surface area (Å²) in [4.78, 5) is 0. The Balaban J connectivity index is 2.14. The standard InChI is InChI=1S/C37H58O/c1-31(2)16-11-17-32(3)18-12-19-33(4)20-13-21-34(5)22-14-23-35(6)24-15-25-36(7)28-29-38-30-37-26-9-8-10-27-37/h8-10,16,18,20,22,24,26-27,36H,11-15,17,19,21,23,25,28-30H2,1-7H3/b32-18+,33-20+,34-22+,35-24+. The Hall–Kier alpha value is -2.12. The maximum Gasteiger partial charge on any atom is 0.0716 e. The molecule has 0 fully saturated rings. The second-order valence-electron chi connectivity index (χ2n) is 11.6. The highest BCUT2D eigenvalue weighted by Gasteiger charge is 2.02. The van der Waals surface area contributed by atoms with Gasteiger partial charge in [0.25, 0.3) is 0 Å². The van der Waals surface area contributed by atoms with E-state index in [2.05, 4.69) is 109 Å². The van der Waals surface area contributed by atoms with Gasteiger partial charge >= 0.3 is 0 Å². The third-order valence-corrected chi connectivity index (χ3v) is 7.20. The number of allylic oxidation sites excluding steroid dienone is 10. The van der Waals surface area contributed by atoms with E-state index in [1.54, 1.807) is 0 Å². The number of hydrogen-bond acceptors (Lipinski definition) is 1. The van der Waals surface area contributed by atoms with Gasteiger partial charge in [-0.3, -0.25) is 0 Å². The molecule has 1 unspecified atom stereocenters. The van der Waals surface area contributed by atoms with Crippen LogP contribution >= 0.6 is 0 Å². The van der Waals surface area contributed by atoms with E-state index in [-0.39, 0.29) is 0 Å². The van der Waals surface area contributed by atoms with E-state index in [1.165, 1.54) is 91.2 Å². The normalized spacial score (nSPS) is 14.1. The van der Waals surface area contributed by atoms with Gasteiger partial charge in [0.1, 0.15) is 0 Å². The molecule has 0 heterocycles. The van der Waals surface area contributed by atoms with E-state index < -0.39 is 0 Å². The van der Waals surface area contributed by atoms with E-state index in [0.717, 1.165) is 26.1 Å². The monoisotopic (exact) mass is 518 g/mol. The van der Waals surface area contributed by atoms with Gasteiger partial charge in [-0.2, -0.15) is 0 Å². The van der Waals surface area contributed by atoms with Gasteiger partial charge in [-0.25, -0.2) is 0 Å².